The first kappa shape index (κ1) is 12.8. The Kier molecular flexibility index (Phi) is 3.37. The molecule has 1 unspecified atom stereocenters. The molecule has 1 aliphatic rings. The van der Waals surface area contributed by atoms with Gasteiger partial charge in [-0.15, -0.1) is 0 Å². The molecule has 3 rings (SSSR count). The van der Waals surface area contributed by atoms with Gasteiger partial charge in [0.15, 0.2) is 5.16 Å². The van der Waals surface area contributed by atoms with Crippen LogP contribution in [0.25, 0.3) is 0 Å². The van der Waals surface area contributed by atoms with E-state index in [-0.39, 0.29) is 5.60 Å². The molecule has 1 aliphatic heterocycles. The van der Waals surface area contributed by atoms with Crippen LogP contribution in [0.15, 0.2) is 41.7 Å². The summed E-state index contributed by atoms with van der Waals surface area (Å²) in [5.41, 5.74) is 2.42. The van der Waals surface area contributed by atoms with E-state index in [1.165, 1.54) is 5.56 Å². The summed E-state index contributed by atoms with van der Waals surface area (Å²) in [6.07, 6.45) is 2.11. The number of aromatic nitrogens is 2. The minimum Gasteiger partial charge on any atom is -0.368 e. The van der Waals surface area contributed by atoms with Crippen molar-refractivity contribution in [2.24, 2.45) is 0 Å². The molecule has 2 aromatic rings. The van der Waals surface area contributed by atoms with Gasteiger partial charge in [-0.3, -0.25) is 0 Å². The van der Waals surface area contributed by atoms with E-state index in [0.717, 1.165) is 29.8 Å². The maximum Gasteiger partial charge on any atom is 0.168 e. The lowest BCUT2D eigenvalue weighted by Crippen LogP contribution is -2.15. The minimum atomic E-state index is 0.0230. The second-order valence-corrected chi connectivity index (χ2v) is 6.25. The Balaban J connectivity index is 1.70. The van der Waals surface area contributed by atoms with Gasteiger partial charge < -0.3 is 9.30 Å². The zero-order chi connectivity index (χ0) is 13.3. The van der Waals surface area contributed by atoms with Crippen molar-refractivity contribution in [1.82, 2.24) is 9.55 Å². The molecule has 0 bridgehead atoms. The molecule has 4 heteroatoms. The largest absolute Gasteiger partial charge is 0.368 e. The fourth-order valence-corrected chi connectivity index (χ4v) is 3.03. The normalized spacial score (nSPS) is 21.6. The Morgan fingerprint density at radius 3 is 2.79 bits per heavy atom. The Bertz CT molecular complexity index is 561. The predicted octanol–water partition coefficient (Wildman–Crippen LogP) is 3.27. The summed E-state index contributed by atoms with van der Waals surface area (Å²) in [6, 6.07) is 10.5. The zero-order valence-electron chi connectivity index (χ0n) is 11.3. The van der Waals surface area contributed by atoms with E-state index in [1.807, 2.05) is 13.0 Å². The molecule has 0 spiro atoms. The third kappa shape index (κ3) is 3.19. The lowest BCUT2D eigenvalue weighted by Gasteiger charge is -2.09. The van der Waals surface area contributed by atoms with Crippen LogP contribution >= 0.6 is 11.8 Å². The van der Waals surface area contributed by atoms with Crippen LogP contribution in [0.2, 0.25) is 0 Å². The van der Waals surface area contributed by atoms with E-state index in [2.05, 4.69) is 46.9 Å². The van der Waals surface area contributed by atoms with E-state index in [9.17, 15) is 0 Å². The van der Waals surface area contributed by atoms with Crippen molar-refractivity contribution in [2.75, 3.05) is 6.61 Å². The third-order valence-corrected chi connectivity index (χ3v) is 4.27. The quantitative estimate of drug-likeness (QED) is 0.619. The van der Waals surface area contributed by atoms with Gasteiger partial charge in [-0.05, 0) is 19.4 Å². The first-order chi connectivity index (χ1) is 9.15. The van der Waals surface area contributed by atoms with Crippen molar-refractivity contribution in [1.29, 1.82) is 0 Å². The van der Waals surface area contributed by atoms with Crippen LogP contribution in [-0.2, 0) is 17.0 Å². The van der Waals surface area contributed by atoms with Crippen LogP contribution in [0, 0.1) is 6.92 Å². The predicted molar refractivity (Wildman–Crippen MR) is 77.3 cm³/mol. The molecule has 2 heterocycles. The molecule has 100 valence electrons. The highest BCUT2D eigenvalue weighted by atomic mass is 32.2. The van der Waals surface area contributed by atoms with Crippen molar-refractivity contribution in [3.8, 4) is 0 Å². The number of hydrogen-bond acceptors (Lipinski definition) is 3. The van der Waals surface area contributed by atoms with E-state index < -0.39 is 0 Å². The topological polar surface area (TPSA) is 30.4 Å². The smallest absolute Gasteiger partial charge is 0.168 e. The zero-order valence-corrected chi connectivity index (χ0v) is 12.1. The highest BCUT2D eigenvalue weighted by molar-refractivity contribution is 7.98. The van der Waals surface area contributed by atoms with Gasteiger partial charge in [0.25, 0.3) is 0 Å². The summed E-state index contributed by atoms with van der Waals surface area (Å²) in [7, 11) is 0. The summed E-state index contributed by atoms with van der Waals surface area (Å²) in [6.45, 7) is 5.94. The standard InChI is InChI=1S/C15H18N2OS/c1-12-8-17(10-15(2)11-18-15)14(16-12)19-9-13-6-4-3-5-7-13/h3-8H,9-11H2,1-2H3. The maximum atomic E-state index is 5.47. The first-order valence-corrected chi connectivity index (χ1v) is 7.48. The number of imidazole rings is 1. The number of ether oxygens (including phenoxy) is 1. The summed E-state index contributed by atoms with van der Waals surface area (Å²) in [5, 5.41) is 1.08. The van der Waals surface area contributed by atoms with E-state index in [0.29, 0.717) is 0 Å². The SMILES string of the molecule is Cc1cn(CC2(C)CO2)c(SCc2ccccc2)n1. The van der Waals surface area contributed by atoms with Gasteiger partial charge in [-0.2, -0.15) is 0 Å². The number of rotatable bonds is 5. The van der Waals surface area contributed by atoms with E-state index in [4.69, 9.17) is 4.74 Å². The average Bonchev–Trinajstić information content (AvgIpc) is 3.02. The Morgan fingerprint density at radius 1 is 1.37 bits per heavy atom. The van der Waals surface area contributed by atoms with Crippen LogP contribution in [0.5, 0.6) is 0 Å². The highest BCUT2D eigenvalue weighted by Gasteiger charge is 2.40. The molecule has 1 aromatic heterocycles. The highest BCUT2D eigenvalue weighted by Crippen LogP contribution is 2.31. The first-order valence-electron chi connectivity index (χ1n) is 6.49. The van der Waals surface area contributed by atoms with Gasteiger partial charge in [0.05, 0.1) is 18.8 Å². The lowest BCUT2D eigenvalue weighted by atomic mass is 10.2. The molecule has 1 aromatic carbocycles. The molecular formula is C15H18N2OS. The average molecular weight is 274 g/mol. The molecule has 1 atom stereocenters. The summed E-state index contributed by atoms with van der Waals surface area (Å²) >= 11 is 1.79. The Labute approximate surface area is 118 Å². The van der Waals surface area contributed by atoms with Crippen molar-refractivity contribution in [3.63, 3.8) is 0 Å². The summed E-state index contributed by atoms with van der Waals surface area (Å²) in [5.74, 6) is 0.953. The van der Waals surface area contributed by atoms with E-state index >= 15 is 0 Å². The van der Waals surface area contributed by atoms with Crippen LogP contribution in [0.3, 0.4) is 0 Å². The van der Waals surface area contributed by atoms with Gasteiger partial charge in [0, 0.05) is 11.9 Å². The molecule has 19 heavy (non-hydrogen) atoms. The number of epoxide rings is 1. The van der Waals surface area contributed by atoms with Crippen molar-refractivity contribution in [3.05, 3.63) is 47.8 Å². The summed E-state index contributed by atoms with van der Waals surface area (Å²) < 4.78 is 7.69. The molecule has 1 saturated heterocycles. The van der Waals surface area contributed by atoms with E-state index in [1.54, 1.807) is 11.8 Å². The number of hydrogen-bond donors (Lipinski definition) is 0. The lowest BCUT2D eigenvalue weighted by molar-refractivity contribution is 0.288. The fraction of sp³-hybridized carbons (Fsp3) is 0.400. The molecule has 0 N–H and O–H groups in total. The van der Waals surface area contributed by atoms with Crippen LogP contribution < -0.4 is 0 Å². The number of aryl methyl sites for hydroxylation is 1. The number of thioether (sulfide) groups is 1. The molecule has 0 saturated carbocycles. The molecule has 0 aliphatic carbocycles. The second kappa shape index (κ2) is 5.02. The van der Waals surface area contributed by atoms with Crippen molar-refractivity contribution < 1.29 is 4.74 Å². The fourth-order valence-electron chi connectivity index (χ4n) is 2.05. The Morgan fingerprint density at radius 2 is 2.11 bits per heavy atom. The maximum absolute atomic E-state index is 5.47. The third-order valence-electron chi connectivity index (χ3n) is 3.21. The van der Waals surface area contributed by atoms with Crippen LogP contribution in [-0.4, -0.2) is 21.8 Å². The number of benzene rings is 1. The van der Waals surface area contributed by atoms with Crippen LogP contribution in [0.4, 0.5) is 0 Å². The van der Waals surface area contributed by atoms with Gasteiger partial charge in [-0.25, -0.2) is 4.98 Å². The van der Waals surface area contributed by atoms with Gasteiger partial charge in [0.1, 0.15) is 5.60 Å². The molecule has 0 amide bonds. The molecule has 3 nitrogen and oxygen atoms in total. The molecular weight excluding hydrogens is 256 g/mol. The van der Waals surface area contributed by atoms with Gasteiger partial charge >= 0.3 is 0 Å². The summed E-state index contributed by atoms with van der Waals surface area (Å²) in [4.78, 5) is 4.61. The van der Waals surface area contributed by atoms with Gasteiger partial charge in [0.2, 0.25) is 0 Å². The monoisotopic (exact) mass is 274 g/mol. The van der Waals surface area contributed by atoms with Crippen LogP contribution in [0.1, 0.15) is 18.2 Å². The second-order valence-electron chi connectivity index (χ2n) is 5.31. The van der Waals surface area contributed by atoms with Gasteiger partial charge in [-0.1, -0.05) is 42.1 Å². The van der Waals surface area contributed by atoms with Crippen molar-refractivity contribution >= 4 is 11.8 Å². The minimum absolute atomic E-state index is 0.0230. The van der Waals surface area contributed by atoms with Crippen molar-refractivity contribution in [2.45, 2.75) is 36.9 Å². The Hall–Kier alpha value is -1.26. The molecule has 0 radical (unpaired) electrons. The number of nitrogens with zero attached hydrogens (tertiary/aromatic N) is 2. The molecule has 1 fully saturated rings.